The third-order valence-electron chi connectivity index (χ3n) is 7.17. The molecule has 1 N–H and O–H groups in total. The number of nitrogens with one attached hydrogen (secondary N) is 1. The van der Waals surface area contributed by atoms with Crippen LogP contribution in [0.2, 0.25) is 10.0 Å². The summed E-state index contributed by atoms with van der Waals surface area (Å²) in [5, 5.41) is 3.97. The molecule has 2 atom stereocenters. The Morgan fingerprint density at radius 2 is 1.51 bits per heavy atom. The number of piperidine rings is 1. The average molecular weight is 568 g/mol. The van der Waals surface area contributed by atoms with E-state index < -0.39 is 41.0 Å². The van der Waals surface area contributed by atoms with Gasteiger partial charge in [0.25, 0.3) is 5.91 Å². The van der Waals surface area contributed by atoms with Crippen LogP contribution in [-0.4, -0.2) is 61.0 Å². The second-order valence-electron chi connectivity index (χ2n) is 9.49. The van der Waals surface area contributed by atoms with Crippen molar-refractivity contribution in [3.8, 4) is 0 Å². The van der Waals surface area contributed by atoms with Crippen LogP contribution < -0.4 is 5.32 Å². The van der Waals surface area contributed by atoms with Gasteiger partial charge in [0.2, 0.25) is 0 Å². The van der Waals surface area contributed by atoms with E-state index >= 15 is 0 Å². The third kappa shape index (κ3) is 6.19. The van der Waals surface area contributed by atoms with Crippen LogP contribution >= 0.6 is 23.2 Å². The number of rotatable bonds is 4. The predicted molar refractivity (Wildman–Crippen MR) is 129 cm³/mol. The summed E-state index contributed by atoms with van der Waals surface area (Å²) in [6.45, 7) is 2.65. The van der Waals surface area contributed by atoms with E-state index in [0.29, 0.717) is 35.3 Å². The maximum Gasteiger partial charge on any atom is 0.416 e. The smallest absolute Gasteiger partial charge is 0.337 e. The summed E-state index contributed by atoms with van der Waals surface area (Å²) in [4.78, 5) is 16.9. The zero-order valence-corrected chi connectivity index (χ0v) is 21.3. The number of nitrogens with zero attached hydrogens (tertiary/aromatic N) is 2. The SMILES string of the molecule is CN(C(=O)c1cc(C(F)(F)F)cc(C(F)(F)F)c1)[C@@H]1CN(C2CCNCC2)C[C@H]1c1ccc(Cl)c(Cl)c1. The molecule has 2 saturated heterocycles. The number of amides is 1. The summed E-state index contributed by atoms with van der Waals surface area (Å²) < 4.78 is 80.3. The Labute approximate surface area is 220 Å². The van der Waals surface area contributed by atoms with E-state index in [1.165, 1.54) is 11.9 Å². The van der Waals surface area contributed by atoms with Crippen molar-refractivity contribution in [3.05, 3.63) is 68.7 Å². The summed E-state index contributed by atoms with van der Waals surface area (Å²) in [6.07, 6.45) is -8.31. The lowest BCUT2D eigenvalue weighted by molar-refractivity contribution is -0.143. The number of halogens is 8. The average Bonchev–Trinajstić information content (AvgIpc) is 3.29. The monoisotopic (exact) mass is 567 g/mol. The fourth-order valence-corrected chi connectivity index (χ4v) is 5.49. The van der Waals surface area contributed by atoms with Crippen LogP contribution in [0.4, 0.5) is 26.3 Å². The minimum atomic E-state index is -5.05. The van der Waals surface area contributed by atoms with Crippen LogP contribution in [0, 0.1) is 0 Å². The van der Waals surface area contributed by atoms with Crippen molar-refractivity contribution in [2.45, 2.75) is 43.2 Å². The zero-order chi connectivity index (χ0) is 27.1. The van der Waals surface area contributed by atoms with Crippen molar-refractivity contribution in [2.24, 2.45) is 0 Å². The zero-order valence-electron chi connectivity index (χ0n) is 19.8. The van der Waals surface area contributed by atoms with E-state index in [-0.39, 0.29) is 18.0 Å². The van der Waals surface area contributed by atoms with Gasteiger partial charge in [-0.25, -0.2) is 0 Å². The summed E-state index contributed by atoms with van der Waals surface area (Å²) in [6, 6.07) is 5.80. The number of likely N-dealkylation sites (tertiary alicyclic amines) is 1. The van der Waals surface area contributed by atoms with Gasteiger partial charge in [-0.2, -0.15) is 26.3 Å². The molecule has 2 aliphatic heterocycles. The highest BCUT2D eigenvalue weighted by Gasteiger charge is 2.42. The van der Waals surface area contributed by atoms with Gasteiger partial charge in [0, 0.05) is 37.7 Å². The van der Waals surface area contributed by atoms with Crippen LogP contribution in [0.25, 0.3) is 0 Å². The van der Waals surface area contributed by atoms with Gasteiger partial charge in [-0.3, -0.25) is 9.69 Å². The summed E-state index contributed by atoms with van der Waals surface area (Å²) in [5.74, 6) is -1.19. The number of likely N-dealkylation sites (N-methyl/N-ethyl adjacent to an activating group) is 1. The van der Waals surface area contributed by atoms with Crippen LogP contribution in [-0.2, 0) is 12.4 Å². The summed E-state index contributed by atoms with van der Waals surface area (Å²) >= 11 is 12.3. The molecule has 37 heavy (non-hydrogen) atoms. The Balaban J connectivity index is 1.69. The second-order valence-corrected chi connectivity index (χ2v) is 10.3. The van der Waals surface area contributed by atoms with E-state index in [1.807, 2.05) is 0 Å². The van der Waals surface area contributed by atoms with Crippen molar-refractivity contribution < 1.29 is 31.1 Å². The van der Waals surface area contributed by atoms with E-state index in [9.17, 15) is 31.1 Å². The van der Waals surface area contributed by atoms with Gasteiger partial charge >= 0.3 is 12.4 Å². The molecule has 0 aromatic heterocycles. The first-order chi connectivity index (χ1) is 17.3. The minimum Gasteiger partial charge on any atom is -0.337 e. The number of carbonyl (C=O) groups is 1. The van der Waals surface area contributed by atoms with E-state index in [4.69, 9.17) is 23.2 Å². The molecular weight excluding hydrogens is 543 g/mol. The summed E-state index contributed by atoms with van der Waals surface area (Å²) in [7, 11) is 1.41. The molecule has 2 aliphatic rings. The second kappa shape index (κ2) is 10.6. The lowest BCUT2D eigenvalue weighted by atomic mass is 9.93. The van der Waals surface area contributed by atoms with Crippen LogP contribution in [0.3, 0.4) is 0 Å². The highest BCUT2D eigenvalue weighted by molar-refractivity contribution is 6.42. The molecule has 1 amide bonds. The normalized spacial score (nSPS) is 21.9. The largest absolute Gasteiger partial charge is 0.416 e. The highest BCUT2D eigenvalue weighted by Crippen LogP contribution is 2.39. The highest BCUT2D eigenvalue weighted by atomic mass is 35.5. The fraction of sp³-hybridized carbons (Fsp3) is 0.480. The Morgan fingerprint density at radius 3 is 2.05 bits per heavy atom. The molecule has 0 bridgehead atoms. The number of carbonyl (C=O) groups excluding carboxylic acids is 1. The Kier molecular flexibility index (Phi) is 8.05. The van der Waals surface area contributed by atoms with Gasteiger partial charge in [-0.05, 0) is 61.8 Å². The molecule has 0 aliphatic carbocycles. The van der Waals surface area contributed by atoms with Crippen molar-refractivity contribution in [2.75, 3.05) is 33.2 Å². The first-order valence-corrected chi connectivity index (χ1v) is 12.5. The van der Waals surface area contributed by atoms with E-state index in [0.717, 1.165) is 31.5 Å². The first kappa shape index (κ1) is 28.0. The van der Waals surface area contributed by atoms with Crippen molar-refractivity contribution in [1.29, 1.82) is 0 Å². The van der Waals surface area contributed by atoms with Crippen LogP contribution in [0.5, 0.6) is 0 Å². The summed E-state index contributed by atoms with van der Waals surface area (Å²) in [5.41, 5.74) is -2.93. The molecule has 2 aromatic rings. The van der Waals surface area contributed by atoms with Crippen molar-refractivity contribution >= 4 is 29.1 Å². The van der Waals surface area contributed by atoms with Gasteiger partial charge < -0.3 is 10.2 Å². The van der Waals surface area contributed by atoms with Gasteiger partial charge in [-0.15, -0.1) is 0 Å². The molecule has 0 radical (unpaired) electrons. The third-order valence-corrected chi connectivity index (χ3v) is 7.91. The van der Waals surface area contributed by atoms with Crippen LogP contribution in [0.15, 0.2) is 36.4 Å². The lowest BCUT2D eigenvalue weighted by Gasteiger charge is -2.32. The molecule has 2 fully saturated rings. The topological polar surface area (TPSA) is 35.6 Å². The molecule has 0 saturated carbocycles. The van der Waals surface area contributed by atoms with Crippen molar-refractivity contribution in [1.82, 2.24) is 15.1 Å². The number of hydrogen-bond donors (Lipinski definition) is 1. The Morgan fingerprint density at radius 1 is 0.919 bits per heavy atom. The molecule has 202 valence electrons. The molecule has 0 spiro atoms. The van der Waals surface area contributed by atoms with Gasteiger partial charge in [0.1, 0.15) is 0 Å². The van der Waals surface area contributed by atoms with Gasteiger partial charge in [-0.1, -0.05) is 29.3 Å². The number of benzene rings is 2. The number of hydrogen-bond acceptors (Lipinski definition) is 3. The molecular formula is C25H25Cl2F6N3O. The van der Waals surface area contributed by atoms with E-state index in [1.54, 1.807) is 18.2 Å². The molecule has 12 heteroatoms. The Hall–Kier alpha value is -2.01. The predicted octanol–water partition coefficient (Wildman–Crippen LogP) is 6.32. The van der Waals surface area contributed by atoms with Gasteiger partial charge in [0.05, 0.1) is 27.2 Å². The Bertz CT molecular complexity index is 1120. The molecule has 2 heterocycles. The lowest BCUT2D eigenvalue weighted by Crippen LogP contribution is -2.45. The van der Waals surface area contributed by atoms with Gasteiger partial charge in [0.15, 0.2) is 0 Å². The standard InChI is InChI=1S/C25H25Cl2F6N3O/c1-35(23(37)15-8-16(24(28,29)30)11-17(9-15)25(31,32)33)22-13-36(18-4-6-34-7-5-18)12-19(22)14-2-3-20(26)21(27)10-14/h2-3,8-11,18-19,22,34H,4-7,12-13H2,1H3/t19-,22+/m0/s1. The first-order valence-electron chi connectivity index (χ1n) is 11.7. The number of alkyl halides is 6. The molecule has 4 nitrogen and oxygen atoms in total. The molecule has 2 aromatic carbocycles. The van der Waals surface area contributed by atoms with E-state index in [2.05, 4.69) is 10.2 Å². The maximum atomic E-state index is 13.4. The van der Waals surface area contributed by atoms with Crippen molar-refractivity contribution in [3.63, 3.8) is 0 Å². The maximum absolute atomic E-state index is 13.4. The van der Waals surface area contributed by atoms with Crippen LogP contribution in [0.1, 0.15) is 45.8 Å². The minimum absolute atomic E-state index is 0.0176. The quantitative estimate of drug-likeness (QED) is 0.439. The molecule has 0 unspecified atom stereocenters. The molecule has 4 rings (SSSR count). The fourth-order valence-electron chi connectivity index (χ4n) is 5.18.